The lowest BCUT2D eigenvalue weighted by Gasteiger charge is -2.16. The summed E-state index contributed by atoms with van der Waals surface area (Å²) in [7, 11) is 0. The molecule has 0 radical (unpaired) electrons. The summed E-state index contributed by atoms with van der Waals surface area (Å²) in [4.78, 5) is 28.8. The molecule has 1 atom stereocenters. The zero-order chi connectivity index (χ0) is 22.5. The molecule has 0 saturated heterocycles. The molecular weight excluding hydrogens is 413 g/mol. The second-order valence-electron chi connectivity index (χ2n) is 7.50. The van der Waals surface area contributed by atoms with E-state index in [-0.39, 0.29) is 17.6 Å². The number of nitrogens with zero attached hydrogens (tertiary/aromatic N) is 1. The van der Waals surface area contributed by atoms with E-state index in [1.807, 2.05) is 12.1 Å². The van der Waals surface area contributed by atoms with Crippen molar-refractivity contribution < 1.29 is 23.8 Å². The lowest BCUT2D eigenvalue weighted by molar-refractivity contribution is -0.128. The number of rotatable bonds is 8. The molecule has 1 heterocycles. The molecule has 1 aromatic heterocycles. The van der Waals surface area contributed by atoms with Crippen LogP contribution in [0, 0.1) is 11.7 Å². The highest BCUT2D eigenvalue weighted by Crippen LogP contribution is 2.29. The normalized spacial score (nSPS) is 13.8. The number of amides is 2. The molecule has 0 aliphatic heterocycles. The molecule has 32 heavy (non-hydrogen) atoms. The molecule has 164 valence electrons. The number of benzene rings is 2. The van der Waals surface area contributed by atoms with E-state index < -0.39 is 18.6 Å². The maximum Gasteiger partial charge on any atom is 0.250 e. The highest BCUT2D eigenvalue weighted by Gasteiger charge is 2.32. The first-order valence-corrected chi connectivity index (χ1v) is 10.2. The van der Waals surface area contributed by atoms with Gasteiger partial charge in [-0.05, 0) is 73.5 Å². The first-order valence-electron chi connectivity index (χ1n) is 10.2. The van der Waals surface area contributed by atoms with Crippen LogP contribution in [0.2, 0.25) is 0 Å². The van der Waals surface area contributed by atoms with E-state index in [0.717, 1.165) is 18.4 Å². The molecule has 8 heteroatoms. The van der Waals surface area contributed by atoms with Gasteiger partial charge in [0.15, 0.2) is 0 Å². The number of anilines is 1. The van der Waals surface area contributed by atoms with Crippen LogP contribution in [0.15, 0.2) is 66.7 Å². The van der Waals surface area contributed by atoms with E-state index in [0.29, 0.717) is 23.0 Å². The van der Waals surface area contributed by atoms with Gasteiger partial charge in [-0.15, -0.1) is 0 Å². The summed E-state index contributed by atoms with van der Waals surface area (Å²) in [6.07, 6.45) is 1.62. The minimum Gasteiger partial charge on any atom is -0.457 e. The number of hydrogen-bond donors (Lipinski definition) is 3. The second kappa shape index (κ2) is 9.57. The van der Waals surface area contributed by atoms with Crippen LogP contribution in [-0.4, -0.2) is 34.6 Å². The van der Waals surface area contributed by atoms with Crippen LogP contribution in [0.4, 0.5) is 10.2 Å². The predicted molar refractivity (Wildman–Crippen MR) is 117 cm³/mol. The van der Waals surface area contributed by atoms with E-state index in [4.69, 9.17) is 4.74 Å². The molecule has 3 aromatic rings. The molecule has 1 unspecified atom stereocenters. The number of ether oxygens (including phenoxy) is 1. The fourth-order valence-corrected chi connectivity index (χ4v) is 3.04. The topological polar surface area (TPSA) is 101 Å². The van der Waals surface area contributed by atoms with Crippen molar-refractivity contribution in [3.8, 4) is 22.8 Å². The molecule has 0 spiro atoms. The van der Waals surface area contributed by atoms with Gasteiger partial charge in [-0.3, -0.25) is 9.59 Å². The first kappa shape index (κ1) is 21.5. The molecule has 2 aromatic carbocycles. The van der Waals surface area contributed by atoms with Gasteiger partial charge in [0, 0.05) is 11.5 Å². The number of hydrogen-bond acceptors (Lipinski definition) is 5. The Morgan fingerprint density at radius 2 is 1.69 bits per heavy atom. The Balaban J connectivity index is 1.41. The Kier molecular flexibility index (Phi) is 6.42. The van der Waals surface area contributed by atoms with E-state index in [1.165, 1.54) is 12.1 Å². The van der Waals surface area contributed by atoms with Crippen molar-refractivity contribution in [1.29, 1.82) is 0 Å². The van der Waals surface area contributed by atoms with Gasteiger partial charge in [-0.2, -0.15) is 0 Å². The van der Waals surface area contributed by atoms with Gasteiger partial charge in [0.25, 0.3) is 0 Å². The van der Waals surface area contributed by atoms with E-state index >= 15 is 0 Å². The van der Waals surface area contributed by atoms with Gasteiger partial charge in [0.2, 0.25) is 11.8 Å². The van der Waals surface area contributed by atoms with Crippen molar-refractivity contribution in [2.24, 2.45) is 5.92 Å². The van der Waals surface area contributed by atoms with Crippen LogP contribution in [0.1, 0.15) is 12.8 Å². The Morgan fingerprint density at radius 3 is 2.31 bits per heavy atom. The Labute approximate surface area is 184 Å². The number of aliphatic hydroxyl groups is 1. The average Bonchev–Trinajstić information content (AvgIpc) is 3.65. The maximum absolute atomic E-state index is 13.0. The number of carbonyl (C=O) groups is 2. The number of aliphatic hydroxyl groups excluding tert-OH is 1. The number of halogens is 1. The third kappa shape index (κ3) is 5.47. The van der Waals surface area contributed by atoms with Crippen LogP contribution in [0.25, 0.3) is 11.3 Å². The largest absolute Gasteiger partial charge is 0.457 e. The molecule has 4 rings (SSSR count). The van der Waals surface area contributed by atoms with Crippen LogP contribution < -0.4 is 15.4 Å². The molecule has 7 nitrogen and oxygen atoms in total. The predicted octanol–water partition coefficient (Wildman–Crippen LogP) is 3.51. The Hall–Kier alpha value is -3.78. The number of carbonyl (C=O) groups excluding carboxylic acids is 2. The van der Waals surface area contributed by atoms with E-state index in [1.54, 1.807) is 42.5 Å². The molecular formula is C24H22FN3O4. The van der Waals surface area contributed by atoms with Gasteiger partial charge in [-0.1, -0.05) is 6.07 Å². The summed E-state index contributed by atoms with van der Waals surface area (Å²) in [6, 6.07) is 17.0. The second-order valence-corrected chi connectivity index (χ2v) is 7.50. The third-order valence-corrected chi connectivity index (χ3v) is 4.96. The Morgan fingerprint density at radius 1 is 1.03 bits per heavy atom. The van der Waals surface area contributed by atoms with Crippen molar-refractivity contribution in [3.63, 3.8) is 0 Å². The monoisotopic (exact) mass is 435 g/mol. The quantitative estimate of drug-likeness (QED) is 0.503. The number of nitrogens with one attached hydrogen (secondary N) is 2. The minimum absolute atomic E-state index is 0.0617. The molecule has 1 aliphatic carbocycles. The van der Waals surface area contributed by atoms with E-state index in [2.05, 4.69) is 15.6 Å². The standard InChI is InChI=1S/C24H22FN3O4/c25-17-8-12-19(13-9-17)32-18-10-6-15(7-11-18)20-2-1-3-22(26-20)28-24(31)21(14-29)27-23(30)16-4-5-16/h1-3,6-13,16,21,29H,4-5,14H2,(H,27,30)(H,26,28,31). The van der Waals surface area contributed by atoms with Gasteiger partial charge in [0.1, 0.15) is 29.2 Å². The van der Waals surface area contributed by atoms with Crippen LogP contribution >= 0.6 is 0 Å². The molecule has 2 amide bonds. The molecule has 1 saturated carbocycles. The van der Waals surface area contributed by atoms with Crippen LogP contribution in [-0.2, 0) is 9.59 Å². The first-order chi connectivity index (χ1) is 15.5. The summed E-state index contributed by atoms with van der Waals surface area (Å²) in [5.74, 6) is 0.266. The average molecular weight is 435 g/mol. The summed E-state index contributed by atoms with van der Waals surface area (Å²) in [5, 5.41) is 14.7. The maximum atomic E-state index is 13.0. The van der Waals surface area contributed by atoms with Crippen LogP contribution in [0.3, 0.4) is 0 Å². The van der Waals surface area contributed by atoms with Crippen molar-refractivity contribution in [3.05, 3.63) is 72.5 Å². The summed E-state index contributed by atoms with van der Waals surface area (Å²) >= 11 is 0. The molecule has 1 aliphatic rings. The van der Waals surface area contributed by atoms with E-state index in [9.17, 15) is 19.1 Å². The summed E-state index contributed by atoms with van der Waals surface area (Å²) in [6.45, 7) is -0.500. The molecule has 3 N–H and O–H groups in total. The molecule has 1 fully saturated rings. The van der Waals surface area contributed by atoms with Gasteiger partial charge < -0.3 is 20.5 Å². The van der Waals surface area contributed by atoms with Gasteiger partial charge >= 0.3 is 0 Å². The van der Waals surface area contributed by atoms with Crippen molar-refractivity contribution >= 4 is 17.6 Å². The third-order valence-electron chi connectivity index (χ3n) is 4.96. The minimum atomic E-state index is -1.03. The zero-order valence-corrected chi connectivity index (χ0v) is 17.1. The highest BCUT2D eigenvalue weighted by atomic mass is 19.1. The Bertz CT molecular complexity index is 1100. The van der Waals surface area contributed by atoms with Gasteiger partial charge in [-0.25, -0.2) is 9.37 Å². The number of aromatic nitrogens is 1. The van der Waals surface area contributed by atoms with Gasteiger partial charge in [0.05, 0.1) is 12.3 Å². The smallest absolute Gasteiger partial charge is 0.250 e. The summed E-state index contributed by atoms with van der Waals surface area (Å²) < 4.78 is 18.7. The van der Waals surface area contributed by atoms with Crippen molar-refractivity contribution in [2.45, 2.75) is 18.9 Å². The van der Waals surface area contributed by atoms with Crippen molar-refractivity contribution in [2.75, 3.05) is 11.9 Å². The highest BCUT2D eigenvalue weighted by molar-refractivity contribution is 5.97. The number of pyridine rings is 1. The van der Waals surface area contributed by atoms with Crippen molar-refractivity contribution in [1.82, 2.24) is 10.3 Å². The summed E-state index contributed by atoms with van der Waals surface area (Å²) in [5.41, 5.74) is 1.42. The fraction of sp³-hybridized carbons (Fsp3) is 0.208. The van der Waals surface area contributed by atoms with Crippen LogP contribution in [0.5, 0.6) is 11.5 Å². The zero-order valence-electron chi connectivity index (χ0n) is 17.1. The fourth-order valence-electron chi connectivity index (χ4n) is 3.04. The lowest BCUT2D eigenvalue weighted by Crippen LogP contribution is -2.46. The molecule has 0 bridgehead atoms. The lowest BCUT2D eigenvalue weighted by atomic mass is 10.1. The SMILES string of the molecule is O=C(NC(CO)C(=O)Nc1cccc(-c2ccc(Oc3ccc(F)cc3)cc2)n1)C1CC1.